The number of hydrogen-bond donors (Lipinski definition) is 0. The van der Waals surface area contributed by atoms with Crippen molar-refractivity contribution in [1.82, 2.24) is 9.97 Å². The van der Waals surface area contributed by atoms with Gasteiger partial charge in [-0.1, -0.05) is 0 Å². The van der Waals surface area contributed by atoms with Gasteiger partial charge in [-0.25, -0.2) is 9.19 Å². The van der Waals surface area contributed by atoms with E-state index in [4.69, 9.17) is 4.74 Å². The van der Waals surface area contributed by atoms with Crippen molar-refractivity contribution in [1.29, 1.82) is 0 Å². The topological polar surface area (TPSA) is 80.0 Å². The molecule has 2 aliphatic heterocycles. The van der Waals surface area contributed by atoms with E-state index in [1.165, 1.54) is 0 Å². The van der Waals surface area contributed by atoms with Gasteiger partial charge < -0.3 is 9.64 Å². The summed E-state index contributed by atoms with van der Waals surface area (Å²) < 4.78 is 22.2. The summed E-state index contributed by atoms with van der Waals surface area (Å²) in [7, 11) is -2.32. The van der Waals surface area contributed by atoms with Crippen LogP contribution in [0.3, 0.4) is 0 Å². The van der Waals surface area contributed by atoms with E-state index in [9.17, 15) is 4.21 Å². The van der Waals surface area contributed by atoms with Gasteiger partial charge in [-0.2, -0.15) is 4.36 Å². The second-order valence-corrected chi connectivity index (χ2v) is 9.67. The maximum absolute atomic E-state index is 12.3. The van der Waals surface area contributed by atoms with Gasteiger partial charge in [0.1, 0.15) is 0 Å². The minimum atomic E-state index is -2.32. The van der Waals surface area contributed by atoms with E-state index in [1.54, 1.807) is 18.7 Å². The highest BCUT2D eigenvalue weighted by Crippen LogP contribution is 2.37. The Morgan fingerprint density at radius 3 is 2.96 bits per heavy atom. The van der Waals surface area contributed by atoms with E-state index in [2.05, 4.69) is 37.2 Å². The average Bonchev–Trinajstić information content (AvgIpc) is 3.09. The molecule has 2 aliphatic rings. The largest absolute Gasteiger partial charge is 0.377 e. The fourth-order valence-electron chi connectivity index (χ4n) is 3.41. The third kappa shape index (κ3) is 3.86. The lowest BCUT2D eigenvalue weighted by Gasteiger charge is -2.35. The monoisotopic (exact) mass is 385 g/mol. The van der Waals surface area contributed by atoms with E-state index in [1.807, 2.05) is 18.3 Å². The van der Waals surface area contributed by atoms with Crippen molar-refractivity contribution < 1.29 is 8.95 Å². The molecule has 0 unspecified atom stereocenters. The average molecular weight is 385 g/mol. The summed E-state index contributed by atoms with van der Waals surface area (Å²) >= 11 is 0. The van der Waals surface area contributed by atoms with Crippen molar-refractivity contribution >= 4 is 33.1 Å². The molecule has 7 nitrogen and oxygen atoms in total. The van der Waals surface area contributed by atoms with Crippen molar-refractivity contribution in [2.24, 2.45) is 9.36 Å². The van der Waals surface area contributed by atoms with E-state index in [0.717, 1.165) is 41.3 Å². The molecule has 0 aromatic carbocycles. The van der Waals surface area contributed by atoms with E-state index in [-0.39, 0.29) is 6.04 Å². The van der Waals surface area contributed by atoms with Crippen LogP contribution in [-0.2, 0) is 20.9 Å². The van der Waals surface area contributed by atoms with Gasteiger partial charge in [0, 0.05) is 71.0 Å². The third-order valence-corrected chi connectivity index (χ3v) is 5.22. The van der Waals surface area contributed by atoms with Crippen molar-refractivity contribution in [3.63, 3.8) is 0 Å². The summed E-state index contributed by atoms with van der Waals surface area (Å²) in [6.45, 7) is 4.29. The minimum absolute atomic E-state index is 0.246. The Morgan fingerprint density at radius 1 is 1.33 bits per heavy atom. The molecule has 2 aromatic rings. The van der Waals surface area contributed by atoms with Gasteiger partial charge in [0.2, 0.25) is 0 Å². The van der Waals surface area contributed by atoms with Crippen LogP contribution >= 0.6 is 0 Å². The van der Waals surface area contributed by atoms with Crippen LogP contribution in [0.5, 0.6) is 0 Å². The molecule has 4 rings (SSSR count). The van der Waals surface area contributed by atoms with Gasteiger partial charge >= 0.3 is 0 Å². The predicted molar refractivity (Wildman–Crippen MR) is 109 cm³/mol. The Balaban J connectivity index is 1.88. The number of morpholine rings is 1. The molecular weight excluding hydrogens is 362 g/mol. The summed E-state index contributed by atoms with van der Waals surface area (Å²) in [5, 5.41) is 0. The van der Waals surface area contributed by atoms with Crippen LogP contribution in [0.4, 0.5) is 17.2 Å². The molecule has 1 fully saturated rings. The number of fused-ring (bicyclic) bond motifs is 1. The quantitative estimate of drug-likeness (QED) is 0.811. The molecule has 1 saturated heterocycles. The second-order valence-electron chi connectivity index (χ2n) is 7.13. The zero-order valence-corrected chi connectivity index (χ0v) is 16.6. The Kier molecular flexibility index (Phi) is 4.69. The van der Waals surface area contributed by atoms with Crippen LogP contribution in [0.25, 0.3) is 11.3 Å². The first-order valence-electron chi connectivity index (χ1n) is 8.95. The number of pyridine rings is 2. The van der Waals surface area contributed by atoms with Gasteiger partial charge in [-0.3, -0.25) is 9.98 Å². The molecule has 142 valence electrons. The summed E-state index contributed by atoms with van der Waals surface area (Å²) in [6, 6.07) is 6.13. The Bertz CT molecular complexity index is 1020. The first-order chi connectivity index (χ1) is 12.9. The number of rotatable bonds is 3. The SMILES string of the molecule is C[C@@H]1COCCN1c1cc(N=S(C)(C)=O)nc(-c2ccnc3c2N=CC3)c1. The van der Waals surface area contributed by atoms with Gasteiger partial charge in [0.15, 0.2) is 5.82 Å². The summed E-state index contributed by atoms with van der Waals surface area (Å²) in [6.07, 6.45) is 7.62. The number of aliphatic imine (C=N–C) groups is 1. The Hall–Kier alpha value is -2.32. The second kappa shape index (κ2) is 7.01. The van der Waals surface area contributed by atoms with Crippen molar-refractivity contribution in [3.8, 4) is 11.3 Å². The number of hydrogen-bond acceptors (Lipinski definition) is 7. The molecule has 0 saturated carbocycles. The Labute approximate surface area is 159 Å². The van der Waals surface area contributed by atoms with Crippen LogP contribution in [0.2, 0.25) is 0 Å². The van der Waals surface area contributed by atoms with E-state index < -0.39 is 9.73 Å². The van der Waals surface area contributed by atoms with Gasteiger partial charge in [-0.15, -0.1) is 0 Å². The van der Waals surface area contributed by atoms with Gasteiger partial charge in [-0.05, 0) is 19.1 Å². The molecule has 0 amide bonds. The number of aromatic nitrogens is 2. The van der Waals surface area contributed by atoms with Crippen molar-refractivity contribution in [3.05, 3.63) is 30.1 Å². The maximum atomic E-state index is 12.3. The van der Waals surface area contributed by atoms with E-state index >= 15 is 0 Å². The van der Waals surface area contributed by atoms with Crippen molar-refractivity contribution in [2.75, 3.05) is 37.2 Å². The first-order valence-corrected chi connectivity index (χ1v) is 11.3. The minimum Gasteiger partial charge on any atom is -0.377 e. The zero-order valence-electron chi connectivity index (χ0n) is 15.8. The molecule has 8 heteroatoms. The normalized spacial score (nSPS) is 19.2. The molecule has 27 heavy (non-hydrogen) atoms. The summed E-state index contributed by atoms with van der Waals surface area (Å²) in [5.41, 5.74) is 4.51. The van der Waals surface area contributed by atoms with Crippen LogP contribution in [0.1, 0.15) is 12.6 Å². The molecule has 0 radical (unpaired) electrons. The van der Waals surface area contributed by atoms with Gasteiger partial charge in [0.05, 0.1) is 30.3 Å². The first kappa shape index (κ1) is 18.1. The van der Waals surface area contributed by atoms with Crippen LogP contribution < -0.4 is 4.90 Å². The number of ether oxygens (including phenoxy) is 1. The molecular formula is C19H23N5O2S. The predicted octanol–water partition coefficient (Wildman–Crippen LogP) is 2.99. The molecule has 0 aliphatic carbocycles. The van der Waals surface area contributed by atoms with Gasteiger partial charge in [0.25, 0.3) is 0 Å². The fraction of sp³-hybridized carbons (Fsp3) is 0.421. The van der Waals surface area contributed by atoms with Crippen LogP contribution in [0.15, 0.2) is 33.8 Å². The molecule has 0 bridgehead atoms. The highest BCUT2D eigenvalue weighted by Gasteiger charge is 2.22. The lowest BCUT2D eigenvalue weighted by atomic mass is 10.1. The smallest absolute Gasteiger partial charge is 0.164 e. The lowest BCUT2D eigenvalue weighted by Crippen LogP contribution is -2.43. The van der Waals surface area contributed by atoms with Crippen LogP contribution in [-0.4, -0.2) is 58.7 Å². The fourth-order valence-corrected chi connectivity index (χ4v) is 3.95. The zero-order chi connectivity index (χ0) is 19.0. The van der Waals surface area contributed by atoms with Crippen molar-refractivity contribution in [2.45, 2.75) is 19.4 Å². The highest BCUT2D eigenvalue weighted by molar-refractivity contribution is 7.92. The molecule has 0 N–H and O–H groups in total. The lowest BCUT2D eigenvalue weighted by molar-refractivity contribution is 0.0989. The maximum Gasteiger partial charge on any atom is 0.164 e. The molecule has 1 atom stereocenters. The van der Waals surface area contributed by atoms with Crippen LogP contribution in [0, 0.1) is 0 Å². The summed E-state index contributed by atoms with van der Waals surface area (Å²) in [4.78, 5) is 15.9. The molecule has 2 aromatic heterocycles. The molecule has 0 spiro atoms. The number of anilines is 1. The number of nitrogens with zero attached hydrogens (tertiary/aromatic N) is 5. The highest BCUT2D eigenvalue weighted by atomic mass is 32.2. The third-order valence-electron chi connectivity index (χ3n) is 4.59. The molecule has 4 heterocycles. The summed E-state index contributed by atoms with van der Waals surface area (Å²) in [5.74, 6) is 0.476. The Morgan fingerprint density at radius 2 is 2.19 bits per heavy atom. The standard InChI is InChI=1S/C19H23N5O2S/c1-13-12-26-9-8-24(13)14-10-17(22-18(11-14)23-27(2,3)25)15-4-6-20-16-5-7-21-19(15)16/h4,6-7,10-11,13H,5,8-9,12H2,1-3H3/t13-/m1/s1. The van der Waals surface area contributed by atoms with E-state index in [0.29, 0.717) is 19.0 Å².